The van der Waals surface area contributed by atoms with Crippen LogP contribution in [0, 0.1) is 23.2 Å². The lowest BCUT2D eigenvalue weighted by Crippen LogP contribution is -2.50. The van der Waals surface area contributed by atoms with Gasteiger partial charge in [0.15, 0.2) is 0 Å². The second-order valence-corrected chi connectivity index (χ2v) is 5.04. The molecule has 0 radical (unpaired) electrons. The highest BCUT2D eigenvalue weighted by Gasteiger charge is 2.53. The van der Waals surface area contributed by atoms with Gasteiger partial charge in [0.25, 0.3) is 0 Å². The molecule has 3 unspecified atom stereocenters. The van der Waals surface area contributed by atoms with Gasteiger partial charge in [-0.2, -0.15) is 4.99 Å². The molecule has 70 valence electrons. The number of fused-ring (bicyclic) bond motifs is 1. The van der Waals surface area contributed by atoms with Gasteiger partial charge in [0, 0.05) is 5.92 Å². The molecule has 0 aromatic carbocycles. The van der Waals surface area contributed by atoms with Crippen molar-refractivity contribution in [2.45, 2.75) is 27.2 Å². The number of rotatable bonds is 1. The first-order valence-corrected chi connectivity index (χ1v) is 5.27. The van der Waals surface area contributed by atoms with Gasteiger partial charge in [-0.05, 0) is 35.9 Å². The zero-order valence-electron chi connectivity index (χ0n) is 8.37. The van der Waals surface area contributed by atoms with Crippen LogP contribution in [0.3, 0.4) is 0 Å². The van der Waals surface area contributed by atoms with Gasteiger partial charge < -0.3 is 0 Å². The van der Waals surface area contributed by atoms with E-state index in [1.807, 2.05) is 0 Å². The Balaban J connectivity index is 2.33. The van der Waals surface area contributed by atoms with Crippen LogP contribution in [-0.2, 0) is 0 Å². The molecule has 0 aliphatic heterocycles. The van der Waals surface area contributed by atoms with Crippen molar-refractivity contribution in [2.75, 3.05) is 0 Å². The lowest BCUT2D eigenvalue weighted by molar-refractivity contribution is -0.0314. The van der Waals surface area contributed by atoms with Gasteiger partial charge in [0.1, 0.15) is 0 Å². The van der Waals surface area contributed by atoms with Crippen molar-refractivity contribution < 1.29 is 0 Å². The van der Waals surface area contributed by atoms with Crippen LogP contribution in [0.15, 0.2) is 16.8 Å². The van der Waals surface area contributed by atoms with Crippen LogP contribution < -0.4 is 0 Å². The Bertz CT molecular complexity index is 310. The van der Waals surface area contributed by atoms with E-state index in [1.54, 1.807) is 0 Å². The normalized spacial score (nSPS) is 39.9. The van der Waals surface area contributed by atoms with Gasteiger partial charge in [-0.3, -0.25) is 0 Å². The second-order valence-electron chi connectivity index (χ2n) is 4.85. The standard InChI is InChI=1S/C11H15NS/c1-7-9-4-8(11(9,2)3)5-10(7)12-6-13/h5,7-9H,4H2,1-3H3. The van der Waals surface area contributed by atoms with E-state index >= 15 is 0 Å². The Kier molecular flexibility index (Phi) is 1.94. The molecule has 13 heavy (non-hydrogen) atoms. The molecule has 3 aliphatic carbocycles. The molecule has 3 aliphatic rings. The maximum atomic E-state index is 4.64. The molecule has 2 heteroatoms. The van der Waals surface area contributed by atoms with Crippen LogP contribution >= 0.6 is 12.2 Å². The Hall–Kier alpha value is -0.460. The summed E-state index contributed by atoms with van der Waals surface area (Å²) in [6.45, 7) is 6.97. The Morgan fingerprint density at radius 1 is 1.62 bits per heavy atom. The molecular weight excluding hydrogens is 178 g/mol. The minimum atomic E-state index is 0.486. The van der Waals surface area contributed by atoms with E-state index in [-0.39, 0.29) is 0 Å². The summed E-state index contributed by atoms with van der Waals surface area (Å²) >= 11 is 4.64. The SMILES string of the molecule is CC1C(N=C=S)=CC2CC1C2(C)C. The second kappa shape index (κ2) is 2.76. The van der Waals surface area contributed by atoms with Crippen LogP contribution in [0.4, 0.5) is 0 Å². The minimum absolute atomic E-state index is 0.486. The topological polar surface area (TPSA) is 12.4 Å². The molecule has 0 spiro atoms. The molecular formula is C11H15NS. The van der Waals surface area contributed by atoms with Gasteiger partial charge in [0.2, 0.25) is 0 Å². The number of allylic oxidation sites excluding steroid dienone is 2. The predicted octanol–water partition coefficient (Wildman–Crippen LogP) is 3.29. The molecule has 0 saturated heterocycles. The molecule has 0 amide bonds. The van der Waals surface area contributed by atoms with Crippen molar-refractivity contribution >= 4 is 17.4 Å². The van der Waals surface area contributed by atoms with E-state index in [4.69, 9.17) is 0 Å². The number of isothiocyanates is 1. The maximum Gasteiger partial charge on any atom is 0.0637 e. The molecule has 0 aromatic rings. The quantitative estimate of drug-likeness (QED) is 0.460. The van der Waals surface area contributed by atoms with Crippen molar-refractivity contribution in [1.29, 1.82) is 0 Å². The molecule has 0 N–H and O–H groups in total. The summed E-state index contributed by atoms with van der Waals surface area (Å²) in [4.78, 5) is 4.14. The number of hydrogen-bond donors (Lipinski definition) is 0. The molecule has 0 heterocycles. The highest BCUT2D eigenvalue weighted by atomic mass is 32.1. The summed E-state index contributed by atoms with van der Waals surface area (Å²) in [5, 5.41) is 2.48. The van der Waals surface area contributed by atoms with Gasteiger partial charge in [0.05, 0.1) is 10.9 Å². The zero-order chi connectivity index (χ0) is 9.64. The monoisotopic (exact) mass is 193 g/mol. The predicted molar refractivity (Wildman–Crippen MR) is 57.7 cm³/mol. The van der Waals surface area contributed by atoms with Gasteiger partial charge in [-0.25, -0.2) is 0 Å². The molecule has 0 aromatic heterocycles. The minimum Gasteiger partial charge on any atom is -0.199 e. The average Bonchev–Trinajstić information content (AvgIpc) is 2.08. The number of thiocarbonyl (C=S) groups is 1. The Labute approximate surface area is 84.9 Å². The lowest BCUT2D eigenvalue weighted by Gasteiger charge is -2.57. The number of nitrogens with zero attached hydrogens (tertiary/aromatic N) is 1. The lowest BCUT2D eigenvalue weighted by atomic mass is 9.48. The fraction of sp³-hybridized carbons (Fsp3) is 0.727. The van der Waals surface area contributed by atoms with Crippen LogP contribution in [0.1, 0.15) is 27.2 Å². The zero-order valence-corrected chi connectivity index (χ0v) is 9.19. The van der Waals surface area contributed by atoms with E-state index in [0.29, 0.717) is 11.3 Å². The van der Waals surface area contributed by atoms with Gasteiger partial charge >= 0.3 is 0 Å². The van der Waals surface area contributed by atoms with Crippen LogP contribution in [-0.4, -0.2) is 5.16 Å². The highest BCUT2D eigenvalue weighted by molar-refractivity contribution is 7.78. The summed E-state index contributed by atoms with van der Waals surface area (Å²) in [5.41, 5.74) is 1.65. The third-order valence-corrected chi connectivity index (χ3v) is 4.13. The molecule has 1 nitrogen and oxygen atoms in total. The molecule has 1 saturated carbocycles. The van der Waals surface area contributed by atoms with Crippen molar-refractivity contribution in [3.63, 3.8) is 0 Å². The molecule has 2 bridgehead atoms. The van der Waals surface area contributed by atoms with Crippen molar-refractivity contribution in [1.82, 2.24) is 0 Å². The largest absolute Gasteiger partial charge is 0.199 e. The third-order valence-electron chi connectivity index (χ3n) is 4.04. The number of hydrogen-bond acceptors (Lipinski definition) is 2. The first-order valence-electron chi connectivity index (χ1n) is 4.87. The molecule has 3 rings (SSSR count). The van der Waals surface area contributed by atoms with Crippen molar-refractivity contribution in [3.8, 4) is 0 Å². The van der Waals surface area contributed by atoms with Crippen LogP contribution in [0.5, 0.6) is 0 Å². The van der Waals surface area contributed by atoms with Gasteiger partial charge in [-0.15, -0.1) is 0 Å². The summed E-state index contributed by atoms with van der Waals surface area (Å²) in [6, 6.07) is 0. The Morgan fingerprint density at radius 2 is 2.31 bits per heavy atom. The summed E-state index contributed by atoms with van der Waals surface area (Å²) in [7, 11) is 0. The van der Waals surface area contributed by atoms with E-state index in [1.165, 1.54) is 6.42 Å². The fourth-order valence-electron chi connectivity index (χ4n) is 2.88. The fourth-order valence-corrected chi connectivity index (χ4v) is 2.99. The van der Waals surface area contributed by atoms with E-state index in [0.717, 1.165) is 17.5 Å². The summed E-state index contributed by atoms with van der Waals surface area (Å²) in [6.07, 6.45) is 3.63. The summed E-state index contributed by atoms with van der Waals surface area (Å²) < 4.78 is 0. The van der Waals surface area contributed by atoms with Crippen LogP contribution in [0.2, 0.25) is 0 Å². The van der Waals surface area contributed by atoms with E-state index in [9.17, 15) is 0 Å². The average molecular weight is 193 g/mol. The maximum absolute atomic E-state index is 4.64. The summed E-state index contributed by atoms with van der Waals surface area (Å²) in [5.74, 6) is 2.08. The first-order chi connectivity index (χ1) is 6.07. The number of aliphatic imine (C=N–C) groups is 1. The smallest absolute Gasteiger partial charge is 0.0637 e. The van der Waals surface area contributed by atoms with Crippen molar-refractivity contribution in [2.24, 2.45) is 28.2 Å². The highest BCUT2D eigenvalue weighted by Crippen LogP contribution is 2.60. The first kappa shape index (κ1) is 9.11. The van der Waals surface area contributed by atoms with E-state index < -0.39 is 0 Å². The van der Waals surface area contributed by atoms with Gasteiger partial charge in [-0.1, -0.05) is 26.8 Å². The van der Waals surface area contributed by atoms with Crippen LogP contribution in [0.25, 0.3) is 0 Å². The van der Waals surface area contributed by atoms with Crippen molar-refractivity contribution in [3.05, 3.63) is 11.8 Å². The molecule has 3 atom stereocenters. The molecule has 1 fully saturated rings. The third kappa shape index (κ3) is 1.13. The Morgan fingerprint density at radius 3 is 2.77 bits per heavy atom. The van der Waals surface area contributed by atoms with E-state index in [2.05, 4.69) is 49.2 Å².